The second-order valence-electron chi connectivity index (χ2n) is 4.77. The van der Waals surface area contributed by atoms with Crippen LogP contribution in [0, 0.1) is 5.92 Å². The van der Waals surface area contributed by atoms with Crippen molar-refractivity contribution in [1.82, 2.24) is 4.90 Å². The van der Waals surface area contributed by atoms with Crippen molar-refractivity contribution in [2.75, 3.05) is 6.54 Å². The molecule has 2 aliphatic carbocycles. The highest BCUT2D eigenvalue weighted by atomic mass is 16.4. The van der Waals surface area contributed by atoms with E-state index in [4.69, 9.17) is 5.11 Å². The molecular formula is C11H19NO2. The summed E-state index contributed by atoms with van der Waals surface area (Å²) in [5.41, 5.74) is 0. The Labute approximate surface area is 85.1 Å². The number of rotatable bonds is 4. The lowest BCUT2D eigenvalue weighted by molar-refractivity contribution is -0.139. The van der Waals surface area contributed by atoms with Crippen LogP contribution in [0.15, 0.2) is 0 Å². The van der Waals surface area contributed by atoms with Gasteiger partial charge >= 0.3 is 5.97 Å². The molecule has 2 saturated carbocycles. The summed E-state index contributed by atoms with van der Waals surface area (Å²) in [5, 5.41) is 8.87. The standard InChI is InChI=1S/C11H19NO2/c1-8-3-2-4-10(8)12(7-11(13)14)9-5-6-9/h8-10H,2-7H2,1H3,(H,13,14). The number of hydrogen-bond donors (Lipinski definition) is 1. The molecule has 0 amide bonds. The smallest absolute Gasteiger partial charge is 0.317 e. The molecule has 0 aromatic heterocycles. The average molecular weight is 197 g/mol. The summed E-state index contributed by atoms with van der Waals surface area (Å²) >= 11 is 0. The molecule has 14 heavy (non-hydrogen) atoms. The van der Waals surface area contributed by atoms with E-state index in [0.29, 0.717) is 18.0 Å². The van der Waals surface area contributed by atoms with E-state index in [2.05, 4.69) is 11.8 Å². The Morgan fingerprint density at radius 1 is 1.36 bits per heavy atom. The lowest BCUT2D eigenvalue weighted by atomic mass is 10.0. The number of carbonyl (C=O) groups is 1. The highest BCUT2D eigenvalue weighted by Gasteiger charge is 2.38. The lowest BCUT2D eigenvalue weighted by Crippen LogP contribution is -2.42. The van der Waals surface area contributed by atoms with E-state index in [1.165, 1.54) is 32.1 Å². The normalized spacial score (nSPS) is 32.4. The maximum atomic E-state index is 10.8. The predicted molar refractivity (Wildman–Crippen MR) is 54.2 cm³/mol. The van der Waals surface area contributed by atoms with Crippen LogP contribution < -0.4 is 0 Å². The van der Waals surface area contributed by atoms with Gasteiger partial charge in [-0.3, -0.25) is 9.69 Å². The van der Waals surface area contributed by atoms with Crippen LogP contribution in [0.1, 0.15) is 39.0 Å². The van der Waals surface area contributed by atoms with Crippen molar-refractivity contribution in [3.8, 4) is 0 Å². The summed E-state index contributed by atoms with van der Waals surface area (Å²) in [5.74, 6) is 0.0194. The van der Waals surface area contributed by atoms with Crippen LogP contribution in [0.5, 0.6) is 0 Å². The fraction of sp³-hybridized carbons (Fsp3) is 0.909. The molecule has 0 aliphatic heterocycles. The van der Waals surface area contributed by atoms with E-state index in [0.717, 1.165) is 0 Å². The fourth-order valence-electron chi connectivity index (χ4n) is 2.70. The molecule has 0 bridgehead atoms. The highest BCUT2D eigenvalue weighted by Crippen LogP contribution is 2.36. The second kappa shape index (κ2) is 3.89. The van der Waals surface area contributed by atoms with Crippen molar-refractivity contribution in [3.05, 3.63) is 0 Å². The van der Waals surface area contributed by atoms with Gasteiger partial charge in [0, 0.05) is 12.1 Å². The number of carboxylic acid groups (broad SMARTS) is 1. The lowest BCUT2D eigenvalue weighted by Gasteiger charge is -2.30. The van der Waals surface area contributed by atoms with E-state index in [1.807, 2.05) is 0 Å². The third-order valence-corrected chi connectivity index (χ3v) is 3.58. The molecule has 0 radical (unpaired) electrons. The zero-order valence-corrected chi connectivity index (χ0v) is 8.78. The molecule has 2 atom stereocenters. The molecule has 0 aromatic carbocycles. The van der Waals surface area contributed by atoms with E-state index in [-0.39, 0.29) is 6.54 Å². The Morgan fingerprint density at radius 3 is 2.50 bits per heavy atom. The Morgan fingerprint density at radius 2 is 2.07 bits per heavy atom. The van der Waals surface area contributed by atoms with Gasteiger partial charge in [0.25, 0.3) is 0 Å². The SMILES string of the molecule is CC1CCCC1N(CC(=O)O)C1CC1. The number of aliphatic carboxylic acids is 1. The quantitative estimate of drug-likeness (QED) is 0.746. The molecule has 2 rings (SSSR count). The first kappa shape index (κ1) is 9.97. The van der Waals surface area contributed by atoms with Gasteiger partial charge in [-0.1, -0.05) is 13.3 Å². The van der Waals surface area contributed by atoms with E-state index in [9.17, 15) is 4.79 Å². The average Bonchev–Trinajstić information content (AvgIpc) is 2.86. The van der Waals surface area contributed by atoms with Gasteiger partial charge in [0.05, 0.1) is 6.54 Å². The third kappa shape index (κ3) is 2.08. The summed E-state index contributed by atoms with van der Waals surface area (Å²) in [6.07, 6.45) is 6.15. The molecule has 0 saturated heterocycles. The van der Waals surface area contributed by atoms with Crippen molar-refractivity contribution in [3.63, 3.8) is 0 Å². The first-order valence-electron chi connectivity index (χ1n) is 5.66. The molecule has 0 spiro atoms. The number of nitrogens with zero attached hydrogens (tertiary/aromatic N) is 1. The van der Waals surface area contributed by atoms with Crippen LogP contribution in [0.3, 0.4) is 0 Å². The van der Waals surface area contributed by atoms with Gasteiger partial charge in [-0.15, -0.1) is 0 Å². The zero-order valence-electron chi connectivity index (χ0n) is 8.78. The van der Waals surface area contributed by atoms with Gasteiger partial charge in [0.2, 0.25) is 0 Å². The van der Waals surface area contributed by atoms with E-state index >= 15 is 0 Å². The Kier molecular flexibility index (Phi) is 2.77. The molecule has 80 valence electrons. The Hall–Kier alpha value is -0.570. The van der Waals surface area contributed by atoms with Crippen LogP contribution >= 0.6 is 0 Å². The van der Waals surface area contributed by atoms with E-state index < -0.39 is 5.97 Å². The van der Waals surface area contributed by atoms with Crippen molar-refractivity contribution in [2.24, 2.45) is 5.92 Å². The predicted octanol–water partition coefficient (Wildman–Crippen LogP) is 1.72. The third-order valence-electron chi connectivity index (χ3n) is 3.58. The summed E-state index contributed by atoms with van der Waals surface area (Å²) in [7, 11) is 0. The molecule has 0 aromatic rings. The molecule has 2 aliphatic rings. The number of carboxylic acids is 1. The second-order valence-corrected chi connectivity index (χ2v) is 4.77. The molecular weight excluding hydrogens is 178 g/mol. The molecule has 2 unspecified atom stereocenters. The van der Waals surface area contributed by atoms with Crippen LogP contribution in [-0.4, -0.2) is 34.6 Å². The topological polar surface area (TPSA) is 40.5 Å². The van der Waals surface area contributed by atoms with Crippen molar-refractivity contribution in [1.29, 1.82) is 0 Å². The minimum atomic E-state index is -0.670. The van der Waals surface area contributed by atoms with Gasteiger partial charge in [0.1, 0.15) is 0 Å². The summed E-state index contributed by atoms with van der Waals surface area (Å²) < 4.78 is 0. The van der Waals surface area contributed by atoms with Gasteiger partial charge in [-0.25, -0.2) is 0 Å². The first-order chi connectivity index (χ1) is 6.68. The van der Waals surface area contributed by atoms with E-state index in [1.54, 1.807) is 0 Å². The minimum absolute atomic E-state index is 0.250. The van der Waals surface area contributed by atoms with Crippen molar-refractivity contribution in [2.45, 2.75) is 51.1 Å². The zero-order chi connectivity index (χ0) is 10.1. The molecule has 1 N–H and O–H groups in total. The van der Waals surface area contributed by atoms with Crippen LogP contribution in [0.4, 0.5) is 0 Å². The maximum Gasteiger partial charge on any atom is 0.317 e. The van der Waals surface area contributed by atoms with Gasteiger partial charge < -0.3 is 5.11 Å². The number of hydrogen-bond acceptors (Lipinski definition) is 2. The summed E-state index contributed by atoms with van der Waals surface area (Å²) in [6, 6.07) is 1.12. The molecule has 3 heteroatoms. The van der Waals surface area contributed by atoms with Gasteiger partial charge in [-0.2, -0.15) is 0 Å². The van der Waals surface area contributed by atoms with Gasteiger partial charge in [-0.05, 0) is 31.6 Å². The van der Waals surface area contributed by atoms with Crippen LogP contribution in [0.2, 0.25) is 0 Å². The summed E-state index contributed by atoms with van der Waals surface area (Å²) in [6.45, 7) is 2.51. The molecule has 0 heterocycles. The van der Waals surface area contributed by atoms with Crippen molar-refractivity contribution >= 4 is 5.97 Å². The molecule has 2 fully saturated rings. The molecule has 3 nitrogen and oxygen atoms in total. The Bertz CT molecular complexity index is 225. The van der Waals surface area contributed by atoms with Crippen LogP contribution in [-0.2, 0) is 4.79 Å². The maximum absolute atomic E-state index is 10.8. The fourth-order valence-corrected chi connectivity index (χ4v) is 2.70. The first-order valence-corrected chi connectivity index (χ1v) is 5.66. The van der Waals surface area contributed by atoms with Crippen molar-refractivity contribution < 1.29 is 9.90 Å². The monoisotopic (exact) mass is 197 g/mol. The summed E-state index contributed by atoms with van der Waals surface area (Å²) in [4.78, 5) is 13.0. The Balaban J connectivity index is 1.98. The highest BCUT2D eigenvalue weighted by molar-refractivity contribution is 5.69. The largest absolute Gasteiger partial charge is 0.480 e. The van der Waals surface area contributed by atoms with Crippen LogP contribution in [0.25, 0.3) is 0 Å². The minimum Gasteiger partial charge on any atom is -0.480 e. The van der Waals surface area contributed by atoms with Gasteiger partial charge in [0.15, 0.2) is 0 Å².